The standard InChI is InChI=1S/C28H25N5O5/c1-18-13-22(26(34)29-15-23-11-12-30-32-23)7-10-25(18)21-4-2-3-20(14-21)17-37-24-8-5-19(6-9-24)16-33-27(35)31-28(36)38-33/h2-14H,15-17H2,1H3,(H,29,34)(H,30,32)(H,31,35,36). The van der Waals surface area contributed by atoms with E-state index in [0.717, 1.165) is 38.3 Å². The number of aromatic nitrogens is 4. The topological polar surface area (TPSA) is 135 Å². The van der Waals surface area contributed by atoms with E-state index < -0.39 is 11.4 Å². The predicted molar refractivity (Wildman–Crippen MR) is 140 cm³/mol. The molecule has 0 fully saturated rings. The first-order valence-electron chi connectivity index (χ1n) is 11.9. The van der Waals surface area contributed by atoms with Crippen LogP contribution in [0.25, 0.3) is 11.1 Å². The Morgan fingerprint density at radius 1 is 1.03 bits per heavy atom. The van der Waals surface area contributed by atoms with Crippen molar-refractivity contribution in [3.63, 3.8) is 0 Å². The number of nitrogens with one attached hydrogen (secondary N) is 3. The van der Waals surface area contributed by atoms with Crippen molar-refractivity contribution in [1.29, 1.82) is 0 Å². The highest BCUT2D eigenvalue weighted by molar-refractivity contribution is 5.95. The van der Waals surface area contributed by atoms with Gasteiger partial charge in [-0.15, -0.1) is 4.74 Å². The maximum atomic E-state index is 12.5. The number of hydrogen-bond donors (Lipinski definition) is 3. The SMILES string of the molecule is Cc1cc(C(=O)NCc2ccn[nH]2)ccc1-c1cccc(COc2ccc(Cn3oc(=O)[nH]c3=O)cc2)c1. The molecule has 0 aliphatic carbocycles. The first-order valence-corrected chi connectivity index (χ1v) is 11.9. The third-order valence-electron chi connectivity index (χ3n) is 6.01. The summed E-state index contributed by atoms with van der Waals surface area (Å²) in [6.07, 6.45) is 1.65. The van der Waals surface area contributed by atoms with Crippen LogP contribution < -0.4 is 21.5 Å². The Labute approximate surface area is 216 Å². The molecule has 0 atom stereocenters. The van der Waals surface area contributed by atoms with Crippen LogP contribution in [0.3, 0.4) is 0 Å². The molecule has 0 bridgehead atoms. The molecular formula is C28H25N5O5. The number of amides is 1. The maximum absolute atomic E-state index is 12.5. The molecule has 5 rings (SSSR count). The van der Waals surface area contributed by atoms with Crippen LogP contribution in [0.1, 0.15) is 32.7 Å². The van der Waals surface area contributed by atoms with Gasteiger partial charge in [0.25, 0.3) is 5.91 Å². The Bertz CT molecular complexity index is 1660. The molecule has 0 radical (unpaired) electrons. The molecular weight excluding hydrogens is 486 g/mol. The van der Waals surface area contributed by atoms with E-state index >= 15 is 0 Å². The summed E-state index contributed by atoms with van der Waals surface area (Å²) in [5.41, 5.74) is 5.68. The van der Waals surface area contributed by atoms with Crippen LogP contribution in [0.15, 0.2) is 93.1 Å². The molecule has 0 aliphatic rings. The highest BCUT2D eigenvalue weighted by Crippen LogP contribution is 2.26. The fourth-order valence-electron chi connectivity index (χ4n) is 4.06. The van der Waals surface area contributed by atoms with Gasteiger partial charge < -0.3 is 14.6 Å². The molecule has 10 nitrogen and oxygen atoms in total. The van der Waals surface area contributed by atoms with Gasteiger partial charge in [0.05, 0.1) is 18.8 Å². The largest absolute Gasteiger partial charge is 0.489 e. The maximum Gasteiger partial charge on any atom is 0.440 e. The molecule has 2 aromatic heterocycles. The molecule has 3 aromatic carbocycles. The number of ether oxygens (including phenoxy) is 1. The van der Waals surface area contributed by atoms with Gasteiger partial charge in [-0.2, -0.15) is 5.10 Å². The quantitative estimate of drug-likeness (QED) is 0.278. The minimum absolute atomic E-state index is 0.143. The van der Waals surface area contributed by atoms with Gasteiger partial charge in [-0.1, -0.05) is 36.4 Å². The molecule has 2 heterocycles. The Morgan fingerprint density at radius 2 is 1.87 bits per heavy atom. The summed E-state index contributed by atoms with van der Waals surface area (Å²) in [4.78, 5) is 37.3. The van der Waals surface area contributed by atoms with Crippen LogP contribution >= 0.6 is 0 Å². The van der Waals surface area contributed by atoms with Crippen LogP contribution in [0.5, 0.6) is 5.75 Å². The lowest BCUT2D eigenvalue weighted by atomic mass is 9.97. The molecule has 3 N–H and O–H groups in total. The summed E-state index contributed by atoms with van der Waals surface area (Å²) in [5.74, 6) is -0.258. The lowest BCUT2D eigenvalue weighted by molar-refractivity contribution is 0.0950. The smallest absolute Gasteiger partial charge is 0.440 e. The molecule has 192 valence electrons. The van der Waals surface area contributed by atoms with E-state index in [9.17, 15) is 14.4 Å². The number of nitrogens with zero attached hydrogens (tertiary/aromatic N) is 2. The molecule has 0 saturated heterocycles. The first-order chi connectivity index (χ1) is 18.4. The number of H-pyrrole nitrogens is 2. The lowest BCUT2D eigenvalue weighted by Crippen LogP contribution is -2.23. The van der Waals surface area contributed by atoms with Gasteiger partial charge in [-0.05, 0) is 71.1 Å². The van der Waals surface area contributed by atoms with Crippen LogP contribution in [-0.4, -0.2) is 25.8 Å². The Kier molecular flexibility index (Phi) is 7.03. The van der Waals surface area contributed by atoms with E-state index in [-0.39, 0.29) is 12.5 Å². The predicted octanol–water partition coefficient (Wildman–Crippen LogP) is 3.39. The summed E-state index contributed by atoms with van der Waals surface area (Å²) in [6.45, 7) is 2.88. The van der Waals surface area contributed by atoms with Crippen molar-refractivity contribution in [1.82, 2.24) is 25.2 Å². The van der Waals surface area contributed by atoms with Gasteiger partial charge in [0.15, 0.2) is 0 Å². The third-order valence-corrected chi connectivity index (χ3v) is 6.01. The second-order valence-electron chi connectivity index (χ2n) is 8.77. The third kappa shape index (κ3) is 5.81. The second kappa shape index (κ2) is 10.9. The summed E-state index contributed by atoms with van der Waals surface area (Å²) < 4.78 is 11.7. The fourth-order valence-corrected chi connectivity index (χ4v) is 4.06. The number of carbonyl (C=O) groups is 1. The van der Waals surface area contributed by atoms with Crippen molar-refractivity contribution in [2.24, 2.45) is 0 Å². The number of rotatable bonds is 9. The molecule has 0 unspecified atom stereocenters. The highest BCUT2D eigenvalue weighted by Gasteiger charge is 2.10. The van der Waals surface area contributed by atoms with Crippen molar-refractivity contribution < 1.29 is 14.1 Å². The molecule has 0 aliphatic heterocycles. The highest BCUT2D eigenvalue weighted by atomic mass is 16.5. The summed E-state index contributed by atoms with van der Waals surface area (Å²) in [6, 6.07) is 22.8. The minimum Gasteiger partial charge on any atom is -0.489 e. The van der Waals surface area contributed by atoms with Crippen LogP contribution in [-0.2, 0) is 19.7 Å². The van der Waals surface area contributed by atoms with Gasteiger partial charge in [0.1, 0.15) is 12.4 Å². The van der Waals surface area contributed by atoms with Gasteiger partial charge in [-0.25, -0.2) is 14.6 Å². The lowest BCUT2D eigenvalue weighted by Gasteiger charge is -2.12. The Morgan fingerprint density at radius 3 is 2.58 bits per heavy atom. The molecule has 0 spiro atoms. The molecule has 5 aromatic rings. The van der Waals surface area contributed by atoms with E-state index in [1.54, 1.807) is 30.5 Å². The fraction of sp³-hybridized carbons (Fsp3) is 0.143. The molecule has 10 heteroatoms. The van der Waals surface area contributed by atoms with Crippen molar-refractivity contribution in [2.75, 3.05) is 0 Å². The van der Waals surface area contributed by atoms with Crippen LogP contribution in [0, 0.1) is 6.92 Å². The zero-order valence-corrected chi connectivity index (χ0v) is 20.6. The number of hydrogen-bond acceptors (Lipinski definition) is 6. The Balaban J connectivity index is 1.21. The minimum atomic E-state index is -0.782. The van der Waals surface area contributed by atoms with E-state index in [1.807, 2.05) is 49.4 Å². The van der Waals surface area contributed by atoms with Crippen LogP contribution in [0.4, 0.5) is 0 Å². The van der Waals surface area contributed by atoms with Crippen molar-refractivity contribution in [2.45, 2.75) is 26.6 Å². The summed E-state index contributed by atoms with van der Waals surface area (Å²) in [7, 11) is 0. The Hall–Kier alpha value is -5.12. The zero-order valence-electron chi connectivity index (χ0n) is 20.6. The normalized spacial score (nSPS) is 10.9. The van der Waals surface area contributed by atoms with E-state index in [2.05, 4.69) is 26.6 Å². The van der Waals surface area contributed by atoms with Crippen molar-refractivity contribution in [3.8, 4) is 16.9 Å². The van der Waals surface area contributed by atoms with Crippen molar-refractivity contribution in [3.05, 3.63) is 128 Å². The summed E-state index contributed by atoms with van der Waals surface area (Å²) >= 11 is 0. The van der Waals surface area contributed by atoms with Crippen molar-refractivity contribution >= 4 is 5.91 Å². The van der Waals surface area contributed by atoms with Gasteiger partial charge >= 0.3 is 11.4 Å². The number of aromatic amines is 2. The van der Waals surface area contributed by atoms with Gasteiger partial charge in [0.2, 0.25) is 0 Å². The second-order valence-corrected chi connectivity index (χ2v) is 8.77. The van der Waals surface area contributed by atoms with Gasteiger partial charge in [-0.3, -0.25) is 9.89 Å². The van der Waals surface area contributed by atoms with E-state index in [1.165, 1.54) is 0 Å². The first kappa shape index (κ1) is 24.6. The average molecular weight is 512 g/mol. The number of carbonyl (C=O) groups excluding carboxylic acids is 1. The monoisotopic (exact) mass is 511 g/mol. The average Bonchev–Trinajstić information content (AvgIpc) is 3.55. The van der Waals surface area contributed by atoms with E-state index in [0.29, 0.717) is 24.5 Å². The molecule has 0 saturated carbocycles. The van der Waals surface area contributed by atoms with Gasteiger partial charge in [0, 0.05) is 11.8 Å². The number of aryl methyl sites for hydroxylation is 1. The molecule has 1 amide bonds. The number of benzene rings is 3. The summed E-state index contributed by atoms with van der Waals surface area (Å²) in [5, 5.41) is 9.60. The zero-order chi connectivity index (χ0) is 26.5. The van der Waals surface area contributed by atoms with E-state index in [4.69, 9.17) is 9.26 Å². The van der Waals surface area contributed by atoms with Crippen LogP contribution in [0.2, 0.25) is 0 Å². The molecule has 38 heavy (non-hydrogen) atoms.